The largest absolute Gasteiger partial charge is 0.478 e. The minimum absolute atomic E-state index is 0.0200. The summed E-state index contributed by atoms with van der Waals surface area (Å²) in [7, 11) is 0. The van der Waals surface area contributed by atoms with E-state index in [0.29, 0.717) is 19.4 Å². The number of benzene rings is 4. The van der Waals surface area contributed by atoms with Gasteiger partial charge in [-0.3, -0.25) is 9.63 Å². The third-order valence-electron chi connectivity index (χ3n) is 7.05. The van der Waals surface area contributed by atoms with Crippen molar-refractivity contribution < 1.29 is 48.5 Å². The lowest BCUT2D eigenvalue weighted by Crippen LogP contribution is -2.27. The molecule has 12 nitrogen and oxygen atoms in total. The van der Waals surface area contributed by atoms with Crippen molar-refractivity contribution in [2.24, 2.45) is 0 Å². The van der Waals surface area contributed by atoms with Gasteiger partial charge in [-0.15, -0.1) is 0 Å². The Labute approximate surface area is 276 Å². The average Bonchev–Trinajstić information content (AvgIpc) is 3.10. The number of unbranched alkanes of at least 4 members (excludes halogenated alkanes) is 1. The number of carboxylic acids is 2. The van der Waals surface area contributed by atoms with Crippen LogP contribution < -0.4 is 10.8 Å². The fourth-order valence-corrected chi connectivity index (χ4v) is 4.53. The Morgan fingerprint density at radius 2 is 1.08 bits per heavy atom. The van der Waals surface area contributed by atoms with Crippen molar-refractivity contribution in [3.05, 3.63) is 142 Å². The topological polar surface area (TPSA) is 178 Å². The van der Waals surface area contributed by atoms with Crippen molar-refractivity contribution in [2.75, 3.05) is 13.1 Å². The summed E-state index contributed by atoms with van der Waals surface area (Å²) in [6, 6.07) is 26.0. The van der Waals surface area contributed by atoms with E-state index in [4.69, 9.17) is 14.3 Å². The van der Waals surface area contributed by atoms with E-state index >= 15 is 0 Å². The highest BCUT2D eigenvalue weighted by Gasteiger charge is 2.20. The summed E-state index contributed by atoms with van der Waals surface area (Å²) in [4.78, 5) is 66.8. The van der Waals surface area contributed by atoms with Crippen LogP contribution in [0.2, 0.25) is 0 Å². The summed E-state index contributed by atoms with van der Waals surface area (Å²) >= 11 is 0. The van der Waals surface area contributed by atoms with Crippen molar-refractivity contribution >= 4 is 29.8 Å². The van der Waals surface area contributed by atoms with Crippen molar-refractivity contribution in [1.82, 2.24) is 10.8 Å². The Hall–Kier alpha value is -5.85. The molecular weight excluding hydrogens is 620 g/mol. The highest BCUT2D eigenvalue weighted by molar-refractivity contribution is 6.06. The van der Waals surface area contributed by atoms with E-state index < -0.39 is 29.8 Å². The van der Waals surface area contributed by atoms with Gasteiger partial charge in [0.1, 0.15) is 13.2 Å². The van der Waals surface area contributed by atoms with Gasteiger partial charge in [0.05, 0.1) is 34.4 Å². The number of aromatic carboxylic acids is 2. The molecule has 0 bridgehead atoms. The molecule has 0 atom stereocenters. The molecule has 4 aromatic carbocycles. The Morgan fingerprint density at radius 3 is 1.65 bits per heavy atom. The number of nitrogens with one attached hydrogen (secondary N) is 2. The molecule has 0 heterocycles. The molecule has 4 N–H and O–H groups in total. The number of carbonyl (C=O) groups is 5. The van der Waals surface area contributed by atoms with Crippen LogP contribution in [-0.4, -0.2) is 53.1 Å². The van der Waals surface area contributed by atoms with Crippen molar-refractivity contribution in [2.45, 2.75) is 32.7 Å². The molecule has 4 rings (SSSR count). The zero-order chi connectivity index (χ0) is 34.3. The lowest BCUT2D eigenvalue weighted by Gasteiger charge is -2.11. The van der Waals surface area contributed by atoms with E-state index in [1.54, 1.807) is 12.1 Å². The van der Waals surface area contributed by atoms with Crippen LogP contribution in [0.25, 0.3) is 0 Å². The predicted molar refractivity (Wildman–Crippen MR) is 172 cm³/mol. The number of rotatable bonds is 17. The van der Waals surface area contributed by atoms with Crippen molar-refractivity contribution in [1.29, 1.82) is 0 Å². The zero-order valence-electron chi connectivity index (χ0n) is 25.8. The minimum atomic E-state index is -1.31. The summed E-state index contributed by atoms with van der Waals surface area (Å²) in [6.07, 6.45) is 1.03. The van der Waals surface area contributed by atoms with Gasteiger partial charge in [-0.1, -0.05) is 60.7 Å². The molecule has 0 aromatic heterocycles. The lowest BCUT2D eigenvalue weighted by atomic mass is 10.0. The van der Waals surface area contributed by atoms with Gasteiger partial charge in [0, 0.05) is 13.1 Å². The number of esters is 2. The molecule has 0 unspecified atom stereocenters. The molecule has 48 heavy (non-hydrogen) atoms. The van der Waals surface area contributed by atoms with Gasteiger partial charge in [0.2, 0.25) is 0 Å². The van der Waals surface area contributed by atoms with Gasteiger partial charge in [0.15, 0.2) is 0 Å². The van der Waals surface area contributed by atoms with E-state index in [-0.39, 0.29) is 59.7 Å². The van der Waals surface area contributed by atoms with Gasteiger partial charge < -0.3 is 25.0 Å². The van der Waals surface area contributed by atoms with E-state index in [2.05, 4.69) is 10.8 Å². The summed E-state index contributed by atoms with van der Waals surface area (Å²) in [5.74, 6) is -4.43. The average molecular weight is 655 g/mol. The summed E-state index contributed by atoms with van der Waals surface area (Å²) in [5, 5.41) is 21.8. The van der Waals surface area contributed by atoms with Gasteiger partial charge in [0.25, 0.3) is 5.91 Å². The first-order valence-corrected chi connectivity index (χ1v) is 15.0. The predicted octanol–water partition coefficient (Wildman–Crippen LogP) is 5.03. The van der Waals surface area contributed by atoms with Gasteiger partial charge in [-0.2, -0.15) is 0 Å². The molecule has 0 saturated carbocycles. The Balaban J connectivity index is 1.21. The number of hydrogen-bond acceptors (Lipinski definition) is 9. The molecule has 1 amide bonds. The quantitative estimate of drug-likeness (QED) is 0.0682. The van der Waals surface area contributed by atoms with Crippen LogP contribution in [0.1, 0.15) is 81.3 Å². The van der Waals surface area contributed by atoms with E-state index in [1.165, 1.54) is 36.4 Å². The molecule has 4 aromatic rings. The maximum absolute atomic E-state index is 12.8. The SMILES string of the molecule is O=C(OCc1ccccc1)c1ccc(C(=O)O)c(CONCCCCNC(=O)c2cc(C(=O)OCc3ccccc3)ccc2C(=O)O)c1. The number of hydrogen-bond donors (Lipinski definition) is 4. The zero-order valence-corrected chi connectivity index (χ0v) is 25.8. The van der Waals surface area contributed by atoms with Crippen LogP contribution >= 0.6 is 0 Å². The van der Waals surface area contributed by atoms with E-state index in [1.807, 2.05) is 48.5 Å². The number of hydroxylamine groups is 1. The normalized spacial score (nSPS) is 10.6. The second-order valence-corrected chi connectivity index (χ2v) is 10.5. The second kappa shape index (κ2) is 17.7. The summed E-state index contributed by atoms with van der Waals surface area (Å²) in [6.45, 7) is 0.515. The standard InChI is InChI=1S/C36H34N2O10/c39-32(31-20-27(14-16-30(31)34(42)43)36(45)47-22-25-11-5-2-6-12-25)37-17-7-8-18-38-48-23-28-19-26(13-15-29(28)33(40)41)35(44)46-21-24-9-3-1-4-10-24/h1-6,9-16,19-20,38H,7-8,17-18,21-23H2,(H,37,39)(H,40,41)(H,42,43). The third-order valence-corrected chi connectivity index (χ3v) is 7.05. The second-order valence-electron chi connectivity index (χ2n) is 10.5. The first-order valence-electron chi connectivity index (χ1n) is 15.0. The molecule has 0 aliphatic carbocycles. The van der Waals surface area contributed by atoms with Crippen molar-refractivity contribution in [3.63, 3.8) is 0 Å². The monoisotopic (exact) mass is 654 g/mol. The van der Waals surface area contributed by atoms with Crippen molar-refractivity contribution in [3.8, 4) is 0 Å². The first kappa shape index (κ1) is 35.0. The molecule has 248 valence electrons. The first-order chi connectivity index (χ1) is 23.2. The maximum Gasteiger partial charge on any atom is 0.338 e. The Morgan fingerprint density at radius 1 is 0.562 bits per heavy atom. The molecule has 0 fully saturated rings. The minimum Gasteiger partial charge on any atom is -0.478 e. The van der Waals surface area contributed by atoms with Crippen LogP contribution in [0, 0.1) is 0 Å². The Bertz CT molecular complexity index is 1740. The van der Waals surface area contributed by atoms with Crippen LogP contribution in [-0.2, 0) is 34.1 Å². The fraction of sp³-hybridized carbons (Fsp3) is 0.194. The molecular formula is C36H34N2O10. The summed E-state index contributed by atoms with van der Waals surface area (Å²) in [5.41, 5.74) is 4.39. The number of carbonyl (C=O) groups excluding carboxylic acids is 3. The number of amides is 1. The van der Waals surface area contributed by atoms with Gasteiger partial charge in [-0.05, 0) is 65.9 Å². The van der Waals surface area contributed by atoms with Crippen LogP contribution in [0.3, 0.4) is 0 Å². The van der Waals surface area contributed by atoms with Crippen LogP contribution in [0.15, 0.2) is 97.1 Å². The molecule has 0 aliphatic rings. The lowest BCUT2D eigenvalue weighted by molar-refractivity contribution is 0.0262. The fourth-order valence-electron chi connectivity index (χ4n) is 4.53. The highest BCUT2D eigenvalue weighted by Crippen LogP contribution is 2.17. The van der Waals surface area contributed by atoms with Crippen LogP contribution in [0.4, 0.5) is 0 Å². The van der Waals surface area contributed by atoms with E-state index in [9.17, 15) is 34.2 Å². The molecule has 0 radical (unpaired) electrons. The van der Waals surface area contributed by atoms with E-state index in [0.717, 1.165) is 11.1 Å². The molecule has 0 spiro atoms. The van der Waals surface area contributed by atoms with Gasteiger partial charge in [-0.25, -0.2) is 24.7 Å². The van der Waals surface area contributed by atoms with Gasteiger partial charge >= 0.3 is 23.9 Å². The third kappa shape index (κ3) is 10.3. The van der Waals surface area contributed by atoms with Crippen LogP contribution in [0.5, 0.6) is 0 Å². The number of ether oxygens (including phenoxy) is 2. The maximum atomic E-state index is 12.8. The number of carboxylic acid groups (broad SMARTS) is 2. The summed E-state index contributed by atoms with van der Waals surface area (Å²) < 4.78 is 10.6. The molecule has 12 heteroatoms. The molecule has 0 aliphatic heterocycles. The smallest absolute Gasteiger partial charge is 0.338 e. The molecule has 0 saturated heterocycles. The highest BCUT2D eigenvalue weighted by atomic mass is 16.6. The Kier molecular flexibility index (Phi) is 12.9.